The molecule has 198 valence electrons. The maximum Gasteiger partial charge on any atom is 0.317 e. The topological polar surface area (TPSA) is 105 Å². The van der Waals surface area contributed by atoms with Crippen molar-refractivity contribution in [3.63, 3.8) is 0 Å². The fourth-order valence-electron chi connectivity index (χ4n) is 5.08. The molecule has 2 saturated heterocycles. The molecule has 10 heteroatoms. The van der Waals surface area contributed by atoms with Crippen LogP contribution in [0.5, 0.6) is 0 Å². The second kappa shape index (κ2) is 11.9. The van der Waals surface area contributed by atoms with Crippen LogP contribution < -0.4 is 16.0 Å². The van der Waals surface area contributed by atoms with Gasteiger partial charge in [0.1, 0.15) is 0 Å². The number of hydrogen-bond acceptors (Lipinski definition) is 7. The molecule has 2 fully saturated rings. The largest absolute Gasteiger partial charge is 0.373 e. The van der Waals surface area contributed by atoms with E-state index >= 15 is 0 Å². The van der Waals surface area contributed by atoms with E-state index in [1.54, 1.807) is 0 Å². The van der Waals surface area contributed by atoms with Crippen molar-refractivity contribution in [2.24, 2.45) is 5.73 Å². The van der Waals surface area contributed by atoms with E-state index in [2.05, 4.69) is 51.3 Å². The van der Waals surface area contributed by atoms with Gasteiger partial charge in [-0.25, -0.2) is 9.48 Å². The molecule has 0 bridgehead atoms. The third-order valence-electron chi connectivity index (χ3n) is 7.21. The van der Waals surface area contributed by atoms with Crippen LogP contribution in [0, 0.1) is 6.92 Å². The molecule has 0 saturated carbocycles. The molecule has 0 radical (unpaired) electrons. The van der Waals surface area contributed by atoms with Crippen LogP contribution in [-0.4, -0.2) is 102 Å². The number of benzene rings is 1. The first-order valence-electron chi connectivity index (χ1n) is 13.3. The molecule has 1 aromatic carbocycles. The first-order chi connectivity index (χ1) is 18.1. The Morgan fingerprint density at radius 1 is 1.11 bits per heavy atom. The van der Waals surface area contributed by atoms with Gasteiger partial charge < -0.3 is 25.6 Å². The molecule has 1 atom stereocenters. The van der Waals surface area contributed by atoms with E-state index < -0.39 is 0 Å². The molecule has 2 aliphatic rings. The zero-order valence-electron chi connectivity index (χ0n) is 21.7. The molecule has 2 amide bonds. The van der Waals surface area contributed by atoms with Crippen LogP contribution >= 0.6 is 0 Å². The zero-order chi connectivity index (χ0) is 25.6. The fraction of sp³-hybridized carbons (Fsp3) is 0.519. The molecule has 4 heterocycles. The van der Waals surface area contributed by atoms with Gasteiger partial charge in [0.15, 0.2) is 5.82 Å². The highest BCUT2D eigenvalue weighted by atomic mass is 16.5. The van der Waals surface area contributed by atoms with E-state index in [1.807, 2.05) is 28.0 Å². The van der Waals surface area contributed by atoms with Crippen LogP contribution in [-0.2, 0) is 4.74 Å². The smallest absolute Gasteiger partial charge is 0.317 e. The summed E-state index contributed by atoms with van der Waals surface area (Å²) in [6.07, 6.45) is 5.67. The summed E-state index contributed by atoms with van der Waals surface area (Å²) in [6, 6.07) is 10.5. The number of ether oxygens (including phenoxy) is 1. The average Bonchev–Trinajstić information content (AvgIpc) is 3.32. The third kappa shape index (κ3) is 6.03. The van der Waals surface area contributed by atoms with Crippen molar-refractivity contribution in [3.8, 4) is 5.69 Å². The predicted molar refractivity (Wildman–Crippen MR) is 145 cm³/mol. The number of unbranched alkanes of at least 4 members (excludes halogenated alkanes) is 1. The van der Waals surface area contributed by atoms with E-state index in [0.29, 0.717) is 19.7 Å². The van der Waals surface area contributed by atoms with Gasteiger partial charge in [-0.15, -0.1) is 5.10 Å². The zero-order valence-corrected chi connectivity index (χ0v) is 21.7. The van der Waals surface area contributed by atoms with Gasteiger partial charge in [0.25, 0.3) is 0 Å². The summed E-state index contributed by atoms with van der Waals surface area (Å²) in [5.74, 6) is 0.974. The number of fused-ring (bicyclic) bond motifs is 1. The van der Waals surface area contributed by atoms with Crippen molar-refractivity contribution in [2.45, 2.75) is 25.9 Å². The molecular weight excluding hydrogens is 468 g/mol. The number of anilines is 1. The summed E-state index contributed by atoms with van der Waals surface area (Å²) < 4.78 is 8.15. The number of aromatic nitrogens is 3. The Bertz CT molecular complexity index is 1170. The van der Waals surface area contributed by atoms with Crippen LogP contribution in [0.1, 0.15) is 18.4 Å². The highest BCUT2D eigenvalue weighted by Gasteiger charge is 2.28. The molecule has 0 aliphatic carbocycles. The standard InChI is InChI=1S/C27H38N8O2/c1-21-4-6-22(7-5-21)35-25-18-29-11-8-24(25)26(31-35)34-16-17-37-23(20-34)19-32-12-14-33(15-13-32)27(36)30-10-3-2-9-28/h4-8,11,18,23H,2-3,9-10,12-17,19-20,28H2,1H3,(H,30,36). The van der Waals surface area contributed by atoms with Gasteiger partial charge in [0, 0.05) is 63.9 Å². The van der Waals surface area contributed by atoms with E-state index in [0.717, 1.165) is 81.1 Å². The number of pyridine rings is 1. The number of amides is 2. The Hall–Kier alpha value is -3.21. The number of hydrogen-bond donors (Lipinski definition) is 2. The molecule has 1 unspecified atom stereocenters. The number of nitrogens with two attached hydrogens (primary N) is 1. The van der Waals surface area contributed by atoms with Gasteiger partial charge in [-0.05, 0) is 44.5 Å². The SMILES string of the molecule is Cc1ccc(-n2nc(N3CCOC(CN4CCN(C(=O)NCCCCN)CC4)C3)c3ccncc32)cc1. The highest BCUT2D eigenvalue weighted by molar-refractivity contribution is 5.91. The number of aryl methyl sites for hydroxylation is 1. The van der Waals surface area contributed by atoms with E-state index in [-0.39, 0.29) is 12.1 Å². The maximum absolute atomic E-state index is 12.4. The summed E-state index contributed by atoms with van der Waals surface area (Å²) in [4.78, 5) is 23.4. The Morgan fingerprint density at radius 2 is 1.92 bits per heavy atom. The first-order valence-corrected chi connectivity index (χ1v) is 13.3. The number of nitrogens with one attached hydrogen (secondary N) is 1. The Labute approximate surface area is 218 Å². The quantitative estimate of drug-likeness (QED) is 0.450. The Morgan fingerprint density at radius 3 is 2.70 bits per heavy atom. The lowest BCUT2D eigenvalue weighted by Crippen LogP contribution is -2.55. The number of urea groups is 1. The summed E-state index contributed by atoms with van der Waals surface area (Å²) in [7, 11) is 0. The summed E-state index contributed by atoms with van der Waals surface area (Å²) >= 11 is 0. The summed E-state index contributed by atoms with van der Waals surface area (Å²) in [5.41, 5.74) is 8.78. The van der Waals surface area contributed by atoms with Crippen LogP contribution in [0.3, 0.4) is 0 Å². The van der Waals surface area contributed by atoms with Crippen molar-refractivity contribution in [2.75, 3.05) is 70.4 Å². The molecule has 5 rings (SSSR count). The van der Waals surface area contributed by atoms with Crippen LogP contribution in [0.15, 0.2) is 42.7 Å². The number of carbonyl (C=O) groups excluding carboxylic acids is 1. The lowest BCUT2D eigenvalue weighted by Gasteiger charge is -2.39. The van der Waals surface area contributed by atoms with Crippen LogP contribution in [0.2, 0.25) is 0 Å². The molecule has 37 heavy (non-hydrogen) atoms. The average molecular weight is 507 g/mol. The Balaban J connectivity index is 1.20. The molecule has 0 spiro atoms. The normalized spacial score (nSPS) is 18.9. The number of rotatable bonds is 8. The van der Waals surface area contributed by atoms with Crippen molar-refractivity contribution in [1.82, 2.24) is 29.9 Å². The van der Waals surface area contributed by atoms with Crippen LogP contribution in [0.4, 0.5) is 10.6 Å². The molecule has 2 aliphatic heterocycles. The van der Waals surface area contributed by atoms with Gasteiger partial charge in [0.2, 0.25) is 0 Å². The van der Waals surface area contributed by atoms with Crippen molar-refractivity contribution >= 4 is 22.8 Å². The van der Waals surface area contributed by atoms with Crippen molar-refractivity contribution < 1.29 is 9.53 Å². The van der Waals surface area contributed by atoms with Gasteiger partial charge in [-0.3, -0.25) is 9.88 Å². The number of nitrogens with zero attached hydrogens (tertiary/aromatic N) is 6. The molecule has 2 aromatic heterocycles. The third-order valence-corrected chi connectivity index (χ3v) is 7.21. The highest BCUT2D eigenvalue weighted by Crippen LogP contribution is 2.29. The van der Waals surface area contributed by atoms with Crippen LogP contribution in [0.25, 0.3) is 16.6 Å². The van der Waals surface area contributed by atoms with Crippen molar-refractivity contribution in [1.29, 1.82) is 0 Å². The number of carbonyl (C=O) groups is 1. The molecule has 3 aromatic rings. The molecule has 3 N–H and O–H groups in total. The number of piperazine rings is 1. The van der Waals surface area contributed by atoms with Gasteiger partial charge in [-0.2, -0.15) is 0 Å². The monoisotopic (exact) mass is 506 g/mol. The van der Waals surface area contributed by atoms with Gasteiger partial charge >= 0.3 is 6.03 Å². The molecular formula is C27H38N8O2. The molecule has 10 nitrogen and oxygen atoms in total. The minimum atomic E-state index is 0.0299. The van der Waals surface area contributed by atoms with Gasteiger partial charge in [0.05, 0.1) is 30.1 Å². The first kappa shape index (κ1) is 25.4. The summed E-state index contributed by atoms with van der Waals surface area (Å²) in [6.45, 7) is 9.71. The number of morpholine rings is 1. The minimum absolute atomic E-state index is 0.0299. The maximum atomic E-state index is 12.4. The lowest BCUT2D eigenvalue weighted by atomic mass is 10.2. The predicted octanol–water partition coefficient (Wildman–Crippen LogP) is 2.00. The van der Waals surface area contributed by atoms with E-state index in [4.69, 9.17) is 15.6 Å². The van der Waals surface area contributed by atoms with E-state index in [9.17, 15) is 4.79 Å². The second-order valence-corrected chi connectivity index (χ2v) is 9.92. The van der Waals surface area contributed by atoms with Gasteiger partial charge in [-0.1, -0.05) is 17.7 Å². The second-order valence-electron chi connectivity index (χ2n) is 9.92. The lowest BCUT2D eigenvalue weighted by molar-refractivity contribution is 0.00760. The minimum Gasteiger partial charge on any atom is -0.373 e. The Kier molecular flexibility index (Phi) is 8.18. The van der Waals surface area contributed by atoms with Crippen molar-refractivity contribution in [3.05, 3.63) is 48.3 Å². The summed E-state index contributed by atoms with van der Waals surface area (Å²) in [5, 5.41) is 9.14. The fourth-order valence-corrected chi connectivity index (χ4v) is 5.08. The van der Waals surface area contributed by atoms with E-state index in [1.165, 1.54) is 5.56 Å².